The molecule has 1 N–H and O–H groups in total. The van der Waals surface area contributed by atoms with Crippen LogP contribution in [-0.4, -0.2) is 15.2 Å². The van der Waals surface area contributed by atoms with Crippen LogP contribution in [0.4, 0.5) is 0 Å². The smallest absolute Gasteiger partial charge is 0.180 e. The van der Waals surface area contributed by atoms with Crippen molar-refractivity contribution < 1.29 is 0 Å². The molecule has 0 spiro atoms. The Morgan fingerprint density at radius 1 is 1.15 bits per heavy atom. The summed E-state index contributed by atoms with van der Waals surface area (Å²) < 4.78 is 0. The number of rotatable bonds is 1. The van der Waals surface area contributed by atoms with Crippen molar-refractivity contribution in [1.29, 1.82) is 0 Å². The van der Waals surface area contributed by atoms with Gasteiger partial charge in [0.25, 0.3) is 0 Å². The summed E-state index contributed by atoms with van der Waals surface area (Å²) in [5.41, 5.74) is 0.843. The minimum absolute atomic E-state index is 0.504. The topological polar surface area (TPSA) is 41.6 Å². The van der Waals surface area contributed by atoms with Crippen LogP contribution in [0.5, 0.6) is 0 Å². The lowest BCUT2D eigenvalue weighted by Crippen LogP contribution is -1.80. The van der Waals surface area contributed by atoms with Crippen molar-refractivity contribution in [2.75, 3.05) is 0 Å². The van der Waals surface area contributed by atoms with Gasteiger partial charge in [0.05, 0.1) is 10.0 Å². The van der Waals surface area contributed by atoms with Gasteiger partial charge in [-0.25, -0.2) is 4.98 Å². The third-order valence-electron chi connectivity index (χ3n) is 1.59. The highest BCUT2D eigenvalue weighted by Gasteiger charge is 2.03. The van der Waals surface area contributed by atoms with Crippen LogP contribution in [0.2, 0.25) is 10.0 Å². The molecule has 1 aromatic carbocycles. The van der Waals surface area contributed by atoms with Crippen molar-refractivity contribution in [2.24, 2.45) is 0 Å². The SMILES string of the molecule is Clc1ccc(-c2nc[nH]n2)cc1Cl. The predicted molar refractivity (Wildman–Crippen MR) is 51.8 cm³/mol. The number of halogens is 2. The Bertz CT molecular complexity index is 411. The summed E-state index contributed by atoms with van der Waals surface area (Å²) in [7, 11) is 0. The van der Waals surface area contributed by atoms with E-state index in [1.807, 2.05) is 6.07 Å². The van der Waals surface area contributed by atoms with Gasteiger partial charge in [-0.05, 0) is 18.2 Å². The molecular weight excluding hydrogens is 209 g/mol. The maximum absolute atomic E-state index is 5.83. The van der Waals surface area contributed by atoms with Gasteiger partial charge in [0.2, 0.25) is 0 Å². The molecule has 13 heavy (non-hydrogen) atoms. The molecule has 0 aliphatic carbocycles. The van der Waals surface area contributed by atoms with E-state index in [4.69, 9.17) is 23.2 Å². The van der Waals surface area contributed by atoms with E-state index in [2.05, 4.69) is 15.2 Å². The predicted octanol–water partition coefficient (Wildman–Crippen LogP) is 2.78. The number of aromatic amines is 1. The van der Waals surface area contributed by atoms with E-state index in [-0.39, 0.29) is 0 Å². The number of nitrogens with one attached hydrogen (secondary N) is 1. The largest absolute Gasteiger partial charge is 0.265 e. The second-order valence-corrected chi connectivity index (χ2v) is 3.27. The first-order chi connectivity index (χ1) is 6.27. The average molecular weight is 214 g/mol. The van der Waals surface area contributed by atoms with E-state index in [1.54, 1.807) is 12.1 Å². The number of hydrogen-bond acceptors (Lipinski definition) is 2. The molecule has 0 saturated carbocycles. The quantitative estimate of drug-likeness (QED) is 0.792. The van der Waals surface area contributed by atoms with Gasteiger partial charge in [-0.3, -0.25) is 5.10 Å². The Labute approximate surface area is 84.7 Å². The summed E-state index contributed by atoms with van der Waals surface area (Å²) in [6, 6.07) is 5.26. The van der Waals surface area contributed by atoms with Crippen LogP contribution in [0, 0.1) is 0 Å². The van der Waals surface area contributed by atoms with Gasteiger partial charge < -0.3 is 0 Å². The number of hydrogen-bond donors (Lipinski definition) is 1. The molecule has 3 nitrogen and oxygen atoms in total. The first-order valence-electron chi connectivity index (χ1n) is 3.58. The van der Waals surface area contributed by atoms with Gasteiger partial charge >= 0.3 is 0 Å². The number of benzene rings is 1. The first-order valence-corrected chi connectivity index (χ1v) is 4.34. The lowest BCUT2D eigenvalue weighted by Gasteiger charge is -1.97. The van der Waals surface area contributed by atoms with E-state index in [0.717, 1.165) is 5.56 Å². The van der Waals surface area contributed by atoms with Crippen LogP contribution in [0.3, 0.4) is 0 Å². The van der Waals surface area contributed by atoms with Crippen LogP contribution in [0.15, 0.2) is 24.5 Å². The summed E-state index contributed by atoms with van der Waals surface area (Å²) in [6.45, 7) is 0. The molecule has 2 aromatic rings. The Morgan fingerprint density at radius 3 is 2.62 bits per heavy atom. The summed E-state index contributed by atoms with van der Waals surface area (Å²) in [5, 5.41) is 7.58. The van der Waals surface area contributed by atoms with Gasteiger partial charge in [-0.1, -0.05) is 23.2 Å². The molecule has 0 radical (unpaired) electrons. The van der Waals surface area contributed by atoms with Crippen LogP contribution in [0.1, 0.15) is 0 Å². The average Bonchev–Trinajstić information content (AvgIpc) is 2.62. The molecule has 1 aromatic heterocycles. The summed E-state index contributed by atoms with van der Waals surface area (Å²) in [4.78, 5) is 3.99. The highest BCUT2D eigenvalue weighted by atomic mass is 35.5. The highest BCUT2D eigenvalue weighted by Crippen LogP contribution is 2.26. The molecule has 5 heteroatoms. The van der Waals surface area contributed by atoms with Crippen molar-refractivity contribution in [2.45, 2.75) is 0 Å². The zero-order valence-electron chi connectivity index (χ0n) is 6.46. The minimum Gasteiger partial charge on any atom is -0.265 e. The van der Waals surface area contributed by atoms with E-state index in [0.29, 0.717) is 15.9 Å². The Hall–Kier alpha value is -1.06. The van der Waals surface area contributed by atoms with Gasteiger partial charge in [0.15, 0.2) is 5.82 Å². The van der Waals surface area contributed by atoms with Crippen molar-refractivity contribution in [3.63, 3.8) is 0 Å². The van der Waals surface area contributed by atoms with Crippen molar-refractivity contribution in [1.82, 2.24) is 15.2 Å². The second kappa shape index (κ2) is 3.36. The maximum Gasteiger partial charge on any atom is 0.180 e. The zero-order valence-corrected chi connectivity index (χ0v) is 7.97. The van der Waals surface area contributed by atoms with E-state index >= 15 is 0 Å². The fourth-order valence-electron chi connectivity index (χ4n) is 0.983. The van der Waals surface area contributed by atoms with E-state index in [1.165, 1.54) is 6.33 Å². The van der Waals surface area contributed by atoms with Crippen LogP contribution < -0.4 is 0 Å². The Morgan fingerprint density at radius 2 is 2.00 bits per heavy atom. The number of H-pyrrole nitrogens is 1. The summed E-state index contributed by atoms with van der Waals surface area (Å²) in [5.74, 6) is 0.610. The molecule has 2 rings (SSSR count). The van der Waals surface area contributed by atoms with Gasteiger partial charge in [-0.2, -0.15) is 5.10 Å². The lowest BCUT2D eigenvalue weighted by molar-refractivity contribution is 1.10. The van der Waals surface area contributed by atoms with Crippen molar-refractivity contribution >= 4 is 23.2 Å². The highest BCUT2D eigenvalue weighted by molar-refractivity contribution is 6.42. The molecule has 0 unspecified atom stereocenters. The molecule has 0 saturated heterocycles. The van der Waals surface area contributed by atoms with Gasteiger partial charge in [0.1, 0.15) is 6.33 Å². The Balaban J connectivity index is 2.49. The van der Waals surface area contributed by atoms with Crippen LogP contribution in [-0.2, 0) is 0 Å². The number of nitrogens with zero attached hydrogens (tertiary/aromatic N) is 2. The van der Waals surface area contributed by atoms with Crippen LogP contribution in [0.25, 0.3) is 11.4 Å². The summed E-state index contributed by atoms with van der Waals surface area (Å²) in [6.07, 6.45) is 1.51. The molecule has 1 heterocycles. The zero-order chi connectivity index (χ0) is 9.26. The molecule has 0 bridgehead atoms. The molecule has 66 valence electrons. The molecule has 0 fully saturated rings. The minimum atomic E-state index is 0.504. The molecule has 0 aliphatic rings. The molecule has 0 amide bonds. The lowest BCUT2D eigenvalue weighted by atomic mass is 10.2. The van der Waals surface area contributed by atoms with Gasteiger partial charge in [-0.15, -0.1) is 0 Å². The third-order valence-corrected chi connectivity index (χ3v) is 2.33. The maximum atomic E-state index is 5.83. The first kappa shape index (κ1) is 8.53. The molecule has 0 atom stereocenters. The normalized spacial score (nSPS) is 10.3. The fraction of sp³-hybridized carbons (Fsp3) is 0. The monoisotopic (exact) mass is 213 g/mol. The molecular formula is C8H5Cl2N3. The number of aromatic nitrogens is 3. The van der Waals surface area contributed by atoms with Crippen molar-refractivity contribution in [3.05, 3.63) is 34.6 Å². The van der Waals surface area contributed by atoms with Gasteiger partial charge in [0, 0.05) is 5.56 Å². The fourth-order valence-corrected chi connectivity index (χ4v) is 1.28. The van der Waals surface area contributed by atoms with Crippen LogP contribution >= 0.6 is 23.2 Å². The van der Waals surface area contributed by atoms with E-state index in [9.17, 15) is 0 Å². The summed E-state index contributed by atoms with van der Waals surface area (Å²) >= 11 is 11.6. The molecule has 0 aliphatic heterocycles. The Kier molecular flexibility index (Phi) is 2.20. The van der Waals surface area contributed by atoms with Crippen molar-refractivity contribution in [3.8, 4) is 11.4 Å². The third kappa shape index (κ3) is 1.66. The second-order valence-electron chi connectivity index (χ2n) is 2.45. The van der Waals surface area contributed by atoms with E-state index < -0.39 is 0 Å². The standard InChI is InChI=1S/C8H5Cl2N3/c9-6-2-1-5(3-7(6)10)8-11-4-12-13-8/h1-4H,(H,11,12,13).